The SMILES string of the molecule is CCn1c2ccccc2c2cc([C@@H]3C(C(=O)OCCOC)=C(C)N=C4CCCC(=O)C43)ccc21. The Morgan fingerprint density at radius 2 is 1.85 bits per heavy atom. The van der Waals surface area contributed by atoms with Crippen LogP contribution in [0.3, 0.4) is 0 Å². The van der Waals surface area contributed by atoms with E-state index in [0.29, 0.717) is 24.3 Å². The summed E-state index contributed by atoms with van der Waals surface area (Å²) in [4.78, 5) is 31.2. The second-order valence-electron chi connectivity index (χ2n) is 9.04. The molecule has 3 aromatic rings. The molecule has 0 N–H and O–H groups in total. The predicted octanol–water partition coefficient (Wildman–Crippen LogP) is 5.19. The second-order valence-corrected chi connectivity index (χ2v) is 9.04. The second kappa shape index (κ2) is 9.18. The van der Waals surface area contributed by atoms with Gasteiger partial charge in [-0.15, -0.1) is 0 Å². The van der Waals surface area contributed by atoms with E-state index in [1.807, 2.05) is 13.0 Å². The molecule has 6 nitrogen and oxygen atoms in total. The summed E-state index contributed by atoms with van der Waals surface area (Å²) < 4.78 is 12.9. The van der Waals surface area contributed by atoms with Gasteiger partial charge in [0.05, 0.1) is 18.1 Å². The van der Waals surface area contributed by atoms with E-state index in [-0.39, 0.29) is 12.4 Å². The fraction of sp³-hybridized carbons (Fsp3) is 0.393. The molecule has 176 valence electrons. The lowest BCUT2D eigenvalue weighted by atomic mass is 9.69. The molecule has 6 heteroatoms. The topological polar surface area (TPSA) is 69.9 Å². The number of rotatable bonds is 6. The van der Waals surface area contributed by atoms with Gasteiger partial charge in [-0.05, 0) is 50.5 Å². The maximum atomic E-state index is 13.3. The summed E-state index contributed by atoms with van der Waals surface area (Å²) in [5, 5.41) is 2.30. The summed E-state index contributed by atoms with van der Waals surface area (Å²) in [6, 6.07) is 14.7. The molecule has 1 aliphatic carbocycles. The molecule has 2 aromatic carbocycles. The number of hydrogen-bond donors (Lipinski definition) is 0. The molecule has 1 aromatic heterocycles. The summed E-state index contributed by atoms with van der Waals surface area (Å²) in [6.07, 6.45) is 2.11. The molecule has 0 radical (unpaired) electrons. The van der Waals surface area contributed by atoms with Crippen LogP contribution in [0.1, 0.15) is 44.6 Å². The van der Waals surface area contributed by atoms with Crippen LogP contribution in [0.4, 0.5) is 0 Å². The molecule has 0 amide bonds. The first kappa shape index (κ1) is 22.5. The van der Waals surface area contributed by atoms with Crippen molar-refractivity contribution in [3.8, 4) is 0 Å². The fourth-order valence-corrected chi connectivity index (χ4v) is 5.65. The molecule has 0 spiro atoms. The van der Waals surface area contributed by atoms with Gasteiger partial charge in [0, 0.05) is 59.2 Å². The molecule has 1 unspecified atom stereocenters. The lowest BCUT2D eigenvalue weighted by Gasteiger charge is -2.35. The summed E-state index contributed by atoms with van der Waals surface area (Å²) in [5.74, 6) is -1.08. The van der Waals surface area contributed by atoms with Crippen LogP contribution in [-0.2, 0) is 25.6 Å². The molecule has 0 saturated heterocycles. The molecule has 1 fully saturated rings. The normalized spacial score (nSPS) is 20.6. The number of ether oxygens (including phenoxy) is 2. The highest BCUT2D eigenvalue weighted by molar-refractivity contribution is 6.12. The Bertz CT molecular complexity index is 1350. The number of Topliss-reactive ketones (excluding diaryl/α,β-unsaturated/α-hetero) is 1. The largest absolute Gasteiger partial charge is 0.460 e. The number of aliphatic imine (C=N–C) groups is 1. The lowest BCUT2D eigenvalue weighted by molar-refractivity contribution is -0.140. The molecular formula is C28H30N2O4. The van der Waals surface area contributed by atoms with Crippen LogP contribution in [-0.4, -0.2) is 42.4 Å². The Kier molecular flexibility index (Phi) is 6.09. The van der Waals surface area contributed by atoms with Crippen LogP contribution in [0.2, 0.25) is 0 Å². The number of carbonyl (C=O) groups is 2. The van der Waals surface area contributed by atoms with Gasteiger partial charge >= 0.3 is 5.97 Å². The Hall–Kier alpha value is -3.25. The number of fused-ring (bicyclic) bond motifs is 4. The first-order chi connectivity index (χ1) is 16.5. The number of allylic oxidation sites excluding steroid dienone is 1. The van der Waals surface area contributed by atoms with Gasteiger partial charge in [0.1, 0.15) is 12.4 Å². The third-order valence-corrected chi connectivity index (χ3v) is 7.12. The number of carbonyl (C=O) groups excluding carboxylic acids is 2. The zero-order valence-electron chi connectivity index (χ0n) is 20.0. The lowest BCUT2D eigenvalue weighted by Crippen LogP contribution is -2.39. The van der Waals surface area contributed by atoms with Gasteiger partial charge < -0.3 is 14.0 Å². The molecule has 0 bridgehead atoms. The van der Waals surface area contributed by atoms with Crippen molar-refractivity contribution in [3.63, 3.8) is 0 Å². The highest BCUT2D eigenvalue weighted by atomic mass is 16.6. The van der Waals surface area contributed by atoms with E-state index in [1.54, 1.807) is 7.11 Å². The number of aryl methyl sites for hydroxylation is 1. The van der Waals surface area contributed by atoms with Crippen LogP contribution in [0, 0.1) is 5.92 Å². The van der Waals surface area contributed by atoms with Crippen LogP contribution in [0.5, 0.6) is 0 Å². The van der Waals surface area contributed by atoms with Crippen molar-refractivity contribution < 1.29 is 19.1 Å². The van der Waals surface area contributed by atoms with E-state index >= 15 is 0 Å². The number of methoxy groups -OCH3 is 1. The number of aromatic nitrogens is 1. The molecule has 2 atom stereocenters. The molecule has 2 heterocycles. The Morgan fingerprint density at radius 1 is 1.06 bits per heavy atom. The molecule has 5 rings (SSSR count). The number of hydrogen-bond acceptors (Lipinski definition) is 5. The number of benzene rings is 2. The van der Waals surface area contributed by atoms with Crippen molar-refractivity contribution in [2.75, 3.05) is 20.3 Å². The Balaban J connectivity index is 1.68. The molecule has 1 aliphatic heterocycles. The monoisotopic (exact) mass is 458 g/mol. The maximum Gasteiger partial charge on any atom is 0.336 e. The smallest absolute Gasteiger partial charge is 0.336 e. The zero-order valence-corrected chi connectivity index (χ0v) is 20.0. The first-order valence-corrected chi connectivity index (χ1v) is 12.0. The van der Waals surface area contributed by atoms with Gasteiger partial charge in [-0.25, -0.2) is 4.79 Å². The van der Waals surface area contributed by atoms with Crippen LogP contribution in [0.25, 0.3) is 21.8 Å². The summed E-state index contributed by atoms with van der Waals surface area (Å²) in [6.45, 7) is 5.34. The predicted molar refractivity (Wildman–Crippen MR) is 133 cm³/mol. The van der Waals surface area contributed by atoms with E-state index in [4.69, 9.17) is 14.5 Å². The highest BCUT2D eigenvalue weighted by Gasteiger charge is 2.43. The number of ketones is 1. The number of nitrogens with zero attached hydrogens (tertiary/aromatic N) is 2. The standard InChI is InChI=1S/C28H30N2O4/c1-4-30-22-10-6-5-8-19(22)20-16-18(12-13-23(20)30)26-25(28(32)34-15-14-33-3)17(2)29-21-9-7-11-24(31)27(21)26/h5-6,8,10,12-13,16,26-27H,4,7,9,11,14-15H2,1-3H3/t26-,27?/m1/s1. The van der Waals surface area contributed by atoms with Crippen LogP contribution >= 0.6 is 0 Å². The van der Waals surface area contributed by atoms with Gasteiger partial charge in [0.2, 0.25) is 0 Å². The molecule has 1 saturated carbocycles. The van der Waals surface area contributed by atoms with Crippen molar-refractivity contribution in [3.05, 3.63) is 59.3 Å². The molecular weight excluding hydrogens is 428 g/mol. The minimum absolute atomic E-state index is 0.153. The van der Waals surface area contributed by atoms with Gasteiger partial charge in [0.15, 0.2) is 0 Å². The van der Waals surface area contributed by atoms with E-state index in [2.05, 4.69) is 47.9 Å². The molecule has 2 aliphatic rings. The first-order valence-electron chi connectivity index (χ1n) is 12.0. The quantitative estimate of drug-likeness (QED) is 0.377. The average molecular weight is 459 g/mol. The minimum atomic E-state index is -0.420. The van der Waals surface area contributed by atoms with Gasteiger partial charge in [-0.1, -0.05) is 24.3 Å². The number of esters is 1. The van der Waals surface area contributed by atoms with Crippen LogP contribution in [0.15, 0.2) is 58.7 Å². The van der Waals surface area contributed by atoms with Crippen molar-refractivity contribution in [1.29, 1.82) is 0 Å². The van der Waals surface area contributed by atoms with Gasteiger partial charge in [0.25, 0.3) is 0 Å². The van der Waals surface area contributed by atoms with E-state index < -0.39 is 17.8 Å². The third-order valence-electron chi connectivity index (χ3n) is 7.12. The summed E-state index contributed by atoms with van der Waals surface area (Å²) in [7, 11) is 1.57. The third kappa shape index (κ3) is 3.66. The van der Waals surface area contributed by atoms with Gasteiger partial charge in [-0.2, -0.15) is 0 Å². The average Bonchev–Trinajstić information content (AvgIpc) is 3.16. The summed E-state index contributed by atoms with van der Waals surface area (Å²) in [5.41, 5.74) is 5.31. The number of para-hydroxylation sites is 1. The maximum absolute atomic E-state index is 13.3. The summed E-state index contributed by atoms with van der Waals surface area (Å²) >= 11 is 0. The van der Waals surface area contributed by atoms with E-state index in [0.717, 1.165) is 41.6 Å². The van der Waals surface area contributed by atoms with Crippen molar-refractivity contribution in [1.82, 2.24) is 4.57 Å². The Labute approximate surface area is 199 Å². The van der Waals surface area contributed by atoms with Crippen LogP contribution < -0.4 is 0 Å². The minimum Gasteiger partial charge on any atom is -0.460 e. The van der Waals surface area contributed by atoms with Crippen molar-refractivity contribution >= 4 is 39.3 Å². The fourth-order valence-electron chi connectivity index (χ4n) is 5.65. The highest BCUT2D eigenvalue weighted by Crippen LogP contribution is 2.44. The van der Waals surface area contributed by atoms with Crippen molar-refractivity contribution in [2.24, 2.45) is 10.9 Å². The van der Waals surface area contributed by atoms with Gasteiger partial charge in [-0.3, -0.25) is 9.79 Å². The molecule has 34 heavy (non-hydrogen) atoms. The zero-order chi connectivity index (χ0) is 23.8. The van der Waals surface area contributed by atoms with E-state index in [9.17, 15) is 9.59 Å². The Morgan fingerprint density at radius 3 is 2.65 bits per heavy atom. The van der Waals surface area contributed by atoms with E-state index in [1.165, 1.54) is 10.9 Å². The van der Waals surface area contributed by atoms with Crippen molar-refractivity contribution in [2.45, 2.75) is 45.6 Å².